The van der Waals surface area contributed by atoms with Crippen LogP contribution >= 0.6 is 0 Å². The molecular weight excluding hydrogens is 207 g/mol. The second kappa shape index (κ2) is 5.07. The Morgan fingerprint density at radius 2 is 2.12 bits per heavy atom. The van der Waals surface area contributed by atoms with Gasteiger partial charge in [0.1, 0.15) is 5.82 Å². The van der Waals surface area contributed by atoms with Crippen LogP contribution in [-0.4, -0.2) is 25.0 Å². The lowest BCUT2D eigenvalue weighted by Crippen LogP contribution is -2.87. The molecule has 0 radical (unpaired) electrons. The van der Waals surface area contributed by atoms with Crippen LogP contribution in [0.15, 0.2) is 24.3 Å². The van der Waals surface area contributed by atoms with E-state index < -0.39 is 0 Å². The summed E-state index contributed by atoms with van der Waals surface area (Å²) in [6.07, 6.45) is 1.97. The Hall–Kier alpha value is -1.42. The highest BCUT2D eigenvalue weighted by Gasteiger charge is 2.18. The van der Waals surface area contributed by atoms with Crippen LogP contribution in [-0.2, 0) is 0 Å². The minimum Gasteiger partial charge on any atom is -0.349 e. The highest BCUT2D eigenvalue weighted by Crippen LogP contribution is 2.05. The molecule has 0 unspecified atom stereocenters. The molecule has 1 amide bonds. The van der Waals surface area contributed by atoms with E-state index in [1.807, 2.05) is 0 Å². The van der Waals surface area contributed by atoms with E-state index in [9.17, 15) is 9.18 Å². The van der Waals surface area contributed by atoms with Crippen LogP contribution < -0.4 is 10.6 Å². The van der Waals surface area contributed by atoms with Crippen molar-refractivity contribution in [2.45, 2.75) is 18.9 Å². The minimum absolute atomic E-state index is 0.175. The molecule has 0 aromatic heterocycles. The van der Waals surface area contributed by atoms with E-state index in [1.165, 1.54) is 12.1 Å². The van der Waals surface area contributed by atoms with Gasteiger partial charge in [0.25, 0.3) is 5.91 Å². The van der Waals surface area contributed by atoms with E-state index in [2.05, 4.69) is 10.6 Å². The van der Waals surface area contributed by atoms with Gasteiger partial charge < -0.3 is 10.6 Å². The molecule has 0 atom stereocenters. The lowest BCUT2D eigenvalue weighted by atomic mass is 10.1. The Labute approximate surface area is 94.0 Å². The molecule has 3 N–H and O–H groups in total. The number of hydrogen-bond acceptors (Lipinski definition) is 1. The van der Waals surface area contributed by atoms with Crippen LogP contribution in [0.25, 0.3) is 0 Å². The van der Waals surface area contributed by atoms with Crippen LogP contribution in [0.3, 0.4) is 0 Å². The zero-order chi connectivity index (χ0) is 11.4. The maximum Gasteiger partial charge on any atom is 0.251 e. The van der Waals surface area contributed by atoms with Crippen molar-refractivity contribution in [1.82, 2.24) is 5.32 Å². The Morgan fingerprint density at radius 1 is 1.38 bits per heavy atom. The Kier molecular flexibility index (Phi) is 3.51. The molecule has 2 rings (SSSR count). The van der Waals surface area contributed by atoms with Crippen LogP contribution in [0, 0.1) is 5.82 Å². The first-order valence-electron chi connectivity index (χ1n) is 5.64. The summed E-state index contributed by atoms with van der Waals surface area (Å²) in [5.74, 6) is -0.545. The van der Waals surface area contributed by atoms with Gasteiger partial charge in [0.05, 0.1) is 13.1 Å². The SMILES string of the molecule is O=C(NC1CC[NH2+]CC1)c1cccc(F)c1. The molecule has 1 fully saturated rings. The molecule has 1 aromatic carbocycles. The quantitative estimate of drug-likeness (QED) is 0.743. The van der Waals surface area contributed by atoms with Gasteiger partial charge in [-0.2, -0.15) is 0 Å². The molecule has 1 aliphatic heterocycles. The molecule has 4 heteroatoms. The van der Waals surface area contributed by atoms with Gasteiger partial charge in [-0.25, -0.2) is 4.39 Å². The van der Waals surface area contributed by atoms with E-state index in [-0.39, 0.29) is 17.8 Å². The van der Waals surface area contributed by atoms with Gasteiger partial charge in [-0.3, -0.25) is 4.79 Å². The molecule has 16 heavy (non-hydrogen) atoms. The van der Waals surface area contributed by atoms with Gasteiger partial charge in [0, 0.05) is 24.4 Å². The number of nitrogens with one attached hydrogen (secondary N) is 1. The normalized spacial score (nSPS) is 17.1. The van der Waals surface area contributed by atoms with Gasteiger partial charge in [-0.1, -0.05) is 6.07 Å². The Morgan fingerprint density at radius 3 is 2.81 bits per heavy atom. The molecule has 3 nitrogen and oxygen atoms in total. The molecule has 0 bridgehead atoms. The number of carbonyl (C=O) groups is 1. The number of carbonyl (C=O) groups excluding carboxylic acids is 1. The molecule has 0 saturated carbocycles. The lowest BCUT2D eigenvalue weighted by Gasteiger charge is -2.21. The second-order valence-corrected chi connectivity index (χ2v) is 4.12. The molecular formula is C12H16FN2O+. The number of piperidine rings is 1. The standard InChI is InChI=1S/C12H15FN2O/c13-10-3-1-2-9(8-10)12(16)15-11-4-6-14-7-5-11/h1-3,8,11,14H,4-7H2,(H,15,16)/p+1. The summed E-state index contributed by atoms with van der Waals surface area (Å²) in [6.45, 7) is 2.10. The summed E-state index contributed by atoms with van der Waals surface area (Å²) in [5.41, 5.74) is 0.398. The third-order valence-corrected chi connectivity index (χ3v) is 2.86. The molecule has 1 heterocycles. The summed E-state index contributed by atoms with van der Waals surface area (Å²) in [6, 6.07) is 6.03. The third kappa shape index (κ3) is 2.79. The largest absolute Gasteiger partial charge is 0.349 e. The summed E-state index contributed by atoms with van der Waals surface area (Å²) in [5, 5.41) is 5.18. The number of quaternary nitrogens is 1. The molecule has 1 aliphatic rings. The Bertz CT molecular complexity index is 375. The van der Waals surface area contributed by atoms with Crippen molar-refractivity contribution in [2.75, 3.05) is 13.1 Å². The fourth-order valence-corrected chi connectivity index (χ4v) is 1.97. The maximum absolute atomic E-state index is 12.9. The van der Waals surface area contributed by atoms with E-state index in [0.29, 0.717) is 5.56 Å². The summed E-state index contributed by atoms with van der Waals surface area (Å²) in [7, 11) is 0. The number of nitrogens with two attached hydrogens (primary N) is 1. The topological polar surface area (TPSA) is 45.7 Å². The highest BCUT2D eigenvalue weighted by molar-refractivity contribution is 5.94. The fourth-order valence-electron chi connectivity index (χ4n) is 1.97. The lowest BCUT2D eigenvalue weighted by molar-refractivity contribution is -0.663. The van der Waals surface area contributed by atoms with Gasteiger partial charge in [0.2, 0.25) is 0 Å². The number of hydrogen-bond donors (Lipinski definition) is 2. The first-order chi connectivity index (χ1) is 7.75. The molecule has 86 valence electrons. The summed E-state index contributed by atoms with van der Waals surface area (Å²) >= 11 is 0. The monoisotopic (exact) mass is 223 g/mol. The van der Waals surface area contributed by atoms with Crippen molar-refractivity contribution in [3.05, 3.63) is 35.6 Å². The first-order valence-corrected chi connectivity index (χ1v) is 5.64. The zero-order valence-corrected chi connectivity index (χ0v) is 9.08. The van der Waals surface area contributed by atoms with Gasteiger partial charge >= 0.3 is 0 Å². The van der Waals surface area contributed by atoms with Crippen molar-refractivity contribution in [3.8, 4) is 0 Å². The van der Waals surface area contributed by atoms with Gasteiger partial charge in [-0.15, -0.1) is 0 Å². The van der Waals surface area contributed by atoms with Crippen molar-refractivity contribution < 1.29 is 14.5 Å². The van der Waals surface area contributed by atoms with Crippen LogP contribution in [0.4, 0.5) is 4.39 Å². The molecule has 0 aliphatic carbocycles. The van der Waals surface area contributed by atoms with Crippen LogP contribution in [0.2, 0.25) is 0 Å². The molecule has 1 saturated heterocycles. The Balaban J connectivity index is 1.97. The number of amides is 1. The van der Waals surface area contributed by atoms with Crippen molar-refractivity contribution >= 4 is 5.91 Å². The second-order valence-electron chi connectivity index (χ2n) is 4.12. The summed E-state index contributed by atoms with van der Waals surface area (Å²) in [4.78, 5) is 11.8. The van der Waals surface area contributed by atoms with E-state index in [1.54, 1.807) is 12.1 Å². The van der Waals surface area contributed by atoms with E-state index >= 15 is 0 Å². The maximum atomic E-state index is 12.9. The smallest absolute Gasteiger partial charge is 0.251 e. The first kappa shape index (κ1) is 11.1. The fraction of sp³-hybridized carbons (Fsp3) is 0.417. The van der Waals surface area contributed by atoms with Gasteiger partial charge in [0.15, 0.2) is 0 Å². The number of rotatable bonds is 2. The van der Waals surface area contributed by atoms with Gasteiger partial charge in [-0.05, 0) is 18.2 Å². The van der Waals surface area contributed by atoms with Crippen molar-refractivity contribution in [1.29, 1.82) is 0 Å². The van der Waals surface area contributed by atoms with Crippen molar-refractivity contribution in [2.24, 2.45) is 0 Å². The van der Waals surface area contributed by atoms with E-state index in [0.717, 1.165) is 25.9 Å². The zero-order valence-electron chi connectivity index (χ0n) is 9.08. The number of halogens is 1. The van der Waals surface area contributed by atoms with Crippen LogP contribution in [0.5, 0.6) is 0 Å². The third-order valence-electron chi connectivity index (χ3n) is 2.86. The summed E-state index contributed by atoms with van der Waals surface area (Å²) < 4.78 is 12.9. The predicted molar refractivity (Wildman–Crippen MR) is 58.5 cm³/mol. The minimum atomic E-state index is -0.371. The van der Waals surface area contributed by atoms with E-state index in [4.69, 9.17) is 0 Å². The highest BCUT2D eigenvalue weighted by atomic mass is 19.1. The van der Waals surface area contributed by atoms with Crippen LogP contribution in [0.1, 0.15) is 23.2 Å². The predicted octanol–water partition coefficient (Wildman–Crippen LogP) is 0.281. The average molecular weight is 223 g/mol. The molecule has 0 spiro atoms. The average Bonchev–Trinajstić information content (AvgIpc) is 2.30. The number of benzene rings is 1. The van der Waals surface area contributed by atoms with Crippen molar-refractivity contribution in [3.63, 3.8) is 0 Å². The molecule has 1 aromatic rings.